The van der Waals surface area contributed by atoms with Crippen LogP contribution in [-0.4, -0.2) is 42.4 Å². The van der Waals surface area contributed by atoms with Crippen LogP contribution in [0.1, 0.15) is 12.0 Å². The first-order valence-corrected chi connectivity index (χ1v) is 7.44. The van der Waals surface area contributed by atoms with Crippen molar-refractivity contribution in [1.82, 2.24) is 4.72 Å². The Bertz CT molecular complexity index is 569. The van der Waals surface area contributed by atoms with E-state index in [2.05, 4.69) is 0 Å². The van der Waals surface area contributed by atoms with Gasteiger partial charge in [-0.1, -0.05) is 30.3 Å². The monoisotopic (exact) mass is 301 g/mol. The molecule has 0 bridgehead atoms. The van der Waals surface area contributed by atoms with Crippen molar-refractivity contribution in [1.29, 1.82) is 0 Å². The van der Waals surface area contributed by atoms with Crippen molar-refractivity contribution in [2.24, 2.45) is 0 Å². The average molecular weight is 301 g/mol. The van der Waals surface area contributed by atoms with E-state index in [0.29, 0.717) is 0 Å². The minimum Gasteiger partial charge on any atom is -0.481 e. The van der Waals surface area contributed by atoms with Gasteiger partial charge in [0.25, 0.3) is 0 Å². The van der Waals surface area contributed by atoms with Crippen LogP contribution in [0.3, 0.4) is 0 Å². The van der Waals surface area contributed by atoms with Crippen LogP contribution >= 0.6 is 0 Å². The van der Waals surface area contributed by atoms with Crippen LogP contribution < -0.4 is 4.72 Å². The molecule has 0 aliphatic rings. The third kappa shape index (κ3) is 5.81. The van der Waals surface area contributed by atoms with Gasteiger partial charge in [0.15, 0.2) is 0 Å². The smallest absolute Gasteiger partial charge is 0.322 e. The van der Waals surface area contributed by atoms with E-state index in [-0.39, 0.29) is 12.2 Å². The molecular formula is C12H15NO6S. The normalized spacial score (nSPS) is 12.8. The third-order valence-electron chi connectivity index (χ3n) is 2.50. The number of sulfonamides is 1. The average Bonchev–Trinajstić information content (AvgIpc) is 2.36. The summed E-state index contributed by atoms with van der Waals surface area (Å²) in [7, 11) is -3.86. The summed E-state index contributed by atoms with van der Waals surface area (Å²) >= 11 is 0. The van der Waals surface area contributed by atoms with Gasteiger partial charge in [0, 0.05) is 0 Å². The highest BCUT2D eigenvalue weighted by molar-refractivity contribution is 7.89. The third-order valence-corrected chi connectivity index (χ3v) is 3.89. The van der Waals surface area contributed by atoms with Crippen LogP contribution in [0, 0.1) is 0 Å². The minimum atomic E-state index is -3.86. The molecule has 0 fully saturated rings. The maximum Gasteiger partial charge on any atom is 0.322 e. The lowest BCUT2D eigenvalue weighted by atomic mass is 10.2. The van der Waals surface area contributed by atoms with Crippen LogP contribution in [0.15, 0.2) is 30.3 Å². The second-order valence-corrected chi connectivity index (χ2v) is 6.03. The summed E-state index contributed by atoms with van der Waals surface area (Å²) in [6.07, 6.45) is -0.588. The van der Waals surface area contributed by atoms with Crippen LogP contribution in [0.5, 0.6) is 0 Å². The maximum absolute atomic E-state index is 11.7. The van der Waals surface area contributed by atoms with E-state index in [1.807, 2.05) is 4.72 Å². The molecule has 1 aromatic rings. The molecule has 0 spiro atoms. The number of aliphatic carboxylic acids is 2. The van der Waals surface area contributed by atoms with Crippen molar-refractivity contribution in [2.75, 3.05) is 5.75 Å². The van der Waals surface area contributed by atoms with Crippen molar-refractivity contribution in [3.05, 3.63) is 35.9 Å². The molecule has 110 valence electrons. The van der Waals surface area contributed by atoms with Gasteiger partial charge in [-0.05, 0) is 12.0 Å². The van der Waals surface area contributed by atoms with Crippen molar-refractivity contribution in [3.8, 4) is 0 Å². The van der Waals surface area contributed by atoms with Gasteiger partial charge in [0.05, 0.1) is 12.2 Å². The largest absolute Gasteiger partial charge is 0.481 e. The Balaban J connectivity index is 2.63. The van der Waals surface area contributed by atoms with Gasteiger partial charge in [-0.15, -0.1) is 0 Å². The van der Waals surface area contributed by atoms with Gasteiger partial charge in [0.1, 0.15) is 6.04 Å². The van der Waals surface area contributed by atoms with Crippen molar-refractivity contribution < 1.29 is 28.2 Å². The summed E-state index contributed by atoms with van der Waals surface area (Å²) < 4.78 is 25.4. The predicted octanol–water partition coefficient (Wildman–Crippen LogP) is 0.0764. The first kappa shape index (κ1) is 16.1. The van der Waals surface area contributed by atoms with Crippen molar-refractivity contribution in [2.45, 2.75) is 18.9 Å². The minimum absolute atomic E-state index is 0.218. The molecule has 3 N–H and O–H groups in total. The topological polar surface area (TPSA) is 121 Å². The Labute approximate surface area is 116 Å². The standard InChI is InChI=1S/C12H15NO6S/c14-11(15)8-10(12(16)17)13-20(18,19)7-6-9-4-2-1-3-5-9/h1-5,10,13H,6-8H2,(H,14,15)(H,16,17). The van der Waals surface area contributed by atoms with Gasteiger partial charge >= 0.3 is 11.9 Å². The number of benzene rings is 1. The molecule has 20 heavy (non-hydrogen) atoms. The van der Waals surface area contributed by atoms with Crippen molar-refractivity contribution >= 4 is 22.0 Å². The van der Waals surface area contributed by atoms with Crippen LogP contribution in [0.2, 0.25) is 0 Å². The lowest BCUT2D eigenvalue weighted by Crippen LogP contribution is -2.43. The zero-order chi connectivity index (χ0) is 15.2. The molecule has 0 saturated heterocycles. The van der Waals surface area contributed by atoms with E-state index >= 15 is 0 Å². The highest BCUT2D eigenvalue weighted by Gasteiger charge is 2.26. The number of carbonyl (C=O) groups is 2. The number of carboxylic acid groups (broad SMARTS) is 2. The van der Waals surface area contributed by atoms with E-state index in [1.54, 1.807) is 30.3 Å². The van der Waals surface area contributed by atoms with E-state index in [1.165, 1.54) is 0 Å². The molecule has 1 atom stereocenters. The fraction of sp³-hybridized carbons (Fsp3) is 0.333. The summed E-state index contributed by atoms with van der Waals surface area (Å²) in [6.45, 7) is 0. The molecule has 0 amide bonds. The SMILES string of the molecule is O=C(O)CC(NS(=O)(=O)CCc1ccccc1)C(=O)O. The number of hydrogen-bond acceptors (Lipinski definition) is 4. The van der Waals surface area contributed by atoms with Gasteiger partial charge in [0.2, 0.25) is 10.0 Å². The number of nitrogens with one attached hydrogen (secondary N) is 1. The molecule has 0 radical (unpaired) electrons. The second-order valence-electron chi connectivity index (χ2n) is 4.16. The van der Waals surface area contributed by atoms with Gasteiger partial charge in [-0.3, -0.25) is 9.59 Å². The van der Waals surface area contributed by atoms with E-state index in [9.17, 15) is 18.0 Å². The van der Waals surface area contributed by atoms with E-state index in [4.69, 9.17) is 10.2 Å². The predicted molar refractivity (Wildman–Crippen MR) is 70.7 cm³/mol. The Hall–Kier alpha value is -1.93. The zero-order valence-corrected chi connectivity index (χ0v) is 11.3. The van der Waals surface area contributed by atoms with Gasteiger partial charge < -0.3 is 10.2 Å². The fourth-order valence-electron chi connectivity index (χ4n) is 1.53. The molecule has 0 saturated carbocycles. The van der Waals surface area contributed by atoms with Crippen molar-refractivity contribution in [3.63, 3.8) is 0 Å². The quantitative estimate of drug-likeness (QED) is 0.625. The molecule has 7 nitrogen and oxygen atoms in total. The molecule has 0 aromatic heterocycles. The first-order chi connectivity index (χ1) is 9.30. The Morgan fingerprint density at radius 1 is 1.15 bits per heavy atom. The molecule has 0 heterocycles. The number of hydrogen-bond donors (Lipinski definition) is 3. The summed E-state index contributed by atoms with van der Waals surface area (Å²) in [5.74, 6) is -3.21. The molecule has 0 aliphatic heterocycles. The number of rotatable bonds is 8. The van der Waals surface area contributed by atoms with Gasteiger partial charge in [-0.2, -0.15) is 0 Å². The van der Waals surface area contributed by atoms with E-state index < -0.39 is 34.4 Å². The Morgan fingerprint density at radius 3 is 2.25 bits per heavy atom. The van der Waals surface area contributed by atoms with Crippen LogP contribution in [0.25, 0.3) is 0 Å². The molecule has 0 aliphatic carbocycles. The van der Waals surface area contributed by atoms with Gasteiger partial charge in [-0.25, -0.2) is 13.1 Å². The maximum atomic E-state index is 11.7. The van der Waals surface area contributed by atoms with Crippen LogP contribution in [-0.2, 0) is 26.0 Å². The van der Waals surface area contributed by atoms with E-state index in [0.717, 1.165) is 5.56 Å². The molecule has 8 heteroatoms. The lowest BCUT2D eigenvalue weighted by Gasteiger charge is -2.12. The van der Waals surface area contributed by atoms with Crippen LogP contribution in [0.4, 0.5) is 0 Å². The highest BCUT2D eigenvalue weighted by atomic mass is 32.2. The lowest BCUT2D eigenvalue weighted by molar-refractivity contribution is -0.145. The first-order valence-electron chi connectivity index (χ1n) is 5.78. The Kier molecular flexibility index (Phi) is 5.66. The fourth-order valence-corrected chi connectivity index (χ4v) is 2.77. The summed E-state index contributed by atoms with van der Waals surface area (Å²) in [4.78, 5) is 21.3. The summed E-state index contributed by atoms with van der Waals surface area (Å²) in [6, 6.07) is 7.17. The number of carboxylic acids is 2. The summed E-state index contributed by atoms with van der Waals surface area (Å²) in [5, 5.41) is 17.3. The molecular weight excluding hydrogens is 286 g/mol. The molecule has 1 rings (SSSR count). The zero-order valence-electron chi connectivity index (χ0n) is 10.5. The molecule has 1 unspecified atom stereocenters. The summed E-state index contributed by atoms with van der Waals surface area (Å²) in [5.41, 5.74) is 0.794. The highest BCUT2D eigenvalue weighted by Crippen LogP contribution is 2.03. The second kappa shape index (κ2) is 7.01. The number of aryl methyl sites for hydroxylation is 1. The molecule has 1 aromatic carbocycles. The Morgan fingerprint density at radius 2 is 1.75 bits per heavy atom.